The summed E-state index contributed by atoms with van der Waals surface area (Å²) in [4.78, 5) is 0. The molecule has 0 bridgehead atoms. The lowest BCUT2D eigenvalue weighted by Gasteiger charge is -2.22. The Balaban J connectivity index is 3.55. The molecule has 0 heterocycles. The maximum Gasteiger partial charge on any atom is 0.00436 e. The Kier molecular flexibility index (Phi) is 7.26. The number of nitrogens with one attached hydrogen (secondary N) is 1. The molecule has 0 saturated carbocycles. The second-order valence-electron chi connectivity index (χ2n) is 5.57. The Morgan fingerprint density at radius 2 is 1.29 bits per heavy atom. The van der Waals surface area contributed by atoms with Crippen LogP contribution in [0.1, 0.15) is 60.8 Å². The van der Waals surface area contributed by atoms with Gasteiger partial charge in [-0.2, -0.15) is 0 Å². The lowest BCUT2D eigenvalue weighted by Crippen LogP contribution is -2.35. The van der Waals surface area contributed by atoms with E-state index in [1.807, 2.05) is 0 Å². The van der Waals surface area contributed by atoms with Crippen LogP contribution < -0.4 is 5.32 Å². The van der Waals surface area contributed by atoms with Crippen LogP contribution in [-0.4, -0.2) is 12.1 Å². The van der Waals surface area contributed by atoms with Crippen molar-refractivity contribution < 1.29 is 0 Å². The minimum absolute atomic E-state index is 0.664. The fraction of sp³-hybridized carbons (Fsp3) is 1.00. The van der Waals surface area contributed by atoms with Gasteiger partial charge in [-0.05, 0) is 44.9 Å². The van der Waals surface area contributed by atoms with Crippen LogP contribution in [0.15, 0.2) is 0 Å². The van der Waals surface area contributed by atoms with Crippen LogP contribution in [0.5, 0.6) is 0 Å². The Morgan fingerprint density at radius 3 is 1.71 bits per heavy atom. The van der Waals surface area contributed by atoms with E-state index in [9.17, 15) is 0 Å². The van der Waals surface area contributed by atoms with Crippen molar-refractivity contribution in [2.24, 2.45) is 11.8 Å². The van der Waals surface area contributed by atoms with Crippen molar-refractivity contribution in [3.05, 3.63) is 0 Å². The molecule has 2 atom stereocenters. The van der Waals surface area contributed by atoms with E-state index in [4.69, 9.17) is 0 Å². The van der Waals surface area contributed by atoms with Crippen molar-refractivity contribution in [1.82, 2.24) is 5.32 Å². The van der Waals surface area contributed by atoms with Gasteiger partial charge in [0.25, 0.3) is 0 Å². The summed E-state index contributed by atoms with van der Waals surface area (Å²) in [6.07, 6.45) is 3.93. The highest BCUT2D eigenvalue weighted by molar-refractivity contribution is 4.69. The second-order valence-corrected chi connectivity index (χ2v) is 5.57. The molecule has 14 heavy (non-hydrogen) atoms. The first-order valence-electron chi connectivity index (χ1n) is 6.17. The molecule has 2 unspecified atom stereocenters. The van der Waals surface area contributed by atoms with E-state index in [0.717, 1.165) is 11.8 Å². The Hall–Kier alpha value is -0.0400. The molecular weight excluding hydrogens is 170 g/mol. The lowest BCUT2D eigenvalue weighted by molar-refractivity contribution is 0.373. The zero-order valence-electron chi connectivity index (χ0n) is 10.9. The minimum atomic E-state index is 0.664. The van der Waals surface area contributed by atoms with Crippen molar-refractivity contribution in [2.75, 3.05) is 0 Å². The number of hydrogen-bond donors (Lipinski definition) is 1. The Morgan fingerprint density at radius 1 is 0.714 bits per heavy atom. The first-order chi connectivity index (χ1) is 6.41. The summed E-state index contributed by atoms with van der Waals surface area (Å²) >= 11 is 0. The van der Waals surface area contributed by atoms with Gasteiger partial charge in [0.05, 0.1) is 0 Å². The van der Waals surface area contributed by atoms with Crippen molar-refractivity contribution >= 4 is 0 Å². The fourth-order valence-corrected chi connectivity index (χ4v) is 1.93. The van der Waals surface area contributed by atoms with Crippen LogP contribution in [0, 0.1) is 11.8 Å². The summed E-state index contributed by atoms with van der Waals surface area (Å²) in [5.74, 6) is 1.63. The van der Waals surface area contributed by atoms with Crippen molar-refractivity contribution in [2.45, 2.75) is 72.9 Å². The SMILES string of the molecule is CC(C)CCC(C)NC(C)CC(C)C. The van der Waals surface area contributed by atoms with Crippen molar-refractivity contribution in [3.8, 4) is 0 Å². The van der Waals surface area contributed by atoms with E-state index in [0.29, 0.717) is 12.1 Å². The Bertz CT molecular complexity index is 129. The van der Waals surface area contributed by atoms with Gasteiger partial charge in [0.15, 0.2) is 0 Å². The summed E-state index contributed by atoms with van der Waals surface area (Å²) in [6.45, 7) is 13.8. The normalized spacial score (nSPS) is 16.3. The van der Waals surface area contributed by atoms with Gasteiger partial charge in [-0.15, -0.1) is 0 Å². The quantitative estimate of drug-likeness (QED) is 0.657. The van der Waals surface area contributed by atoms with E-state index in [-0.39, 0.29) is 0 Å². The van der Waals surface area contributed by atoms with Crippen molar-refractivity contribution in [3.63, 3.8) is 0 Å². The molecule has 0 aliphatic rings. The largest absolute Gasteiger partial charge is 0.312 e. The van der Waals surface area contributed by atoms with Gasteiger partial charge >= 0.3 is 0 Å². The standard InChI is InChI=1S/C13H29N/c1-10(2)7-8-12(5)14-13(6)9-11(3)4/h10-14H,7-9H2,1-6H3. The molecule has 0 aromatic rings. The van der Waals surface area contributed by atoms with Gasteiger partial charge in [-0.3, -0.25) is 0 Å². The molecule has 0 fully saturated rings. The molecule has 0 aliphatic heterocycles. The predicted octanol–water partition coefficient (Wildman–Crippen LogP) is 3.84. The van der Waals surface area contributed by atoms with E-state index >= 15 is 0 Å². The maximum atomic E-state index is 3.67. The first-order valence-corrected chi connectivity index (χ1v) is 6.17. The average molecular weight is 199 g/mol. The zero-order valence-corrected chi connectivity index (χ0v) is 10.9. The molecule has 1 heteroatoms. The summed E-state index contributed by atoms with van der Waals surface area (Å²) in [6, 6.07) is 1.34. The lowest BCUT2D eigenvalue weighted by atomic mass is 10.0. The summed E-state index contributed by atoms with van der Waals surface area (Å²) in [5, 5.41) is 3.67. The fourth-order valence-electron chi connectivity index (χ4n) is 1.93. The monoisotopic (exact) mass is 199 g/mol. The molecule has 0 saturated heterocycles. The van der Waals surface area contributed by atoms with Crippen LogP contribution in [0.25, 0.3) is 0 Å². The van der Waals surface area contributed by atoms with Gasteiger partial charge in [-0.1, -0.05) is 27.7 Å². The highest BCUT2D eigenvalue weighted by Gasteiger charge is 2.09. The molecule has 1 nitrogen and oxygen atoms in total. The third kappa shape index (κ3) is 8.55. The zero-order chi connectivity index (χ0) is 11.1. The molecule has 0 amide bonds. The number of hydrogen-bond acceptors (Lipinski definition) is 1. The number of rotatable bonds is 7. The van der Waals surface area contributed by atoms with Crippen LogP contribution in [-0.2, 0) is 0 Å². The predicted molar refractivity (Wildman–Crippen MR) is 65.6 cm³/mol. The molecule has 86 valence electrons. The highest BCUT2D eigenvalue weighted by Crippen LogP contribution is 2.09. The van der Waals surface area contributed by atoms with E-state index in [1.165, 1.54) is 19.3 Å². The van der Waals surface area contributed by atoms with Crippen LogP contribution in [0.3, 0.4) is 0 Å². The molecule has 0 radical (unpaired) electrons. The van der Waals surface area contributed by atoms with E-state index < -0.39 is 0 Å². The van der Waals surface area contributed by atoms with Crippen LogP contribution in [0.4, 0.5) is 0 Å². The third-order valence-electron chi connectivity index (χ3n) is 2.57. The van der Waals surface area contributed by atoms with Crippen molar-refractivity contribution in [1.29, 1.82) is 0 Å². The van der Waals surface area contributed by atoms with E-state index in [1.54, 1.807) is 0 Å². The summed E-state index contributed by atoms with van der Waals surface area (Å²) < 4.78 is 0. The second kappa shape index (κ2) is 7.28. The third-order valence-corrected chi connectivity index (χ3v) is 2.57. The topological polar surface area (TPSA) is 12.0 Å². The van der Waals surface area contributed by atoms with E-state index in [2.05, 4.69) is 46.9 Å². The van der Waals surface area contributed by atoms with Gasteiger partial charge in [0.2, 0.25) is 0 Å². The minimum Gasteiger partial charge on any atom is -0.312 e. The van der Waals surface area contributed by atoms with Gasteiger partial charge in [0, 0.05) is 12.1 Å². The maximum absolute atomic E-state index is 3.67. The van der Waals surface area contributed by atoms with Crippen LogP contribution in [0.2, 0.25) is 0 Å². The van der Waals surface area contributed by atoms with Gasteiger partial charge < -0.3 is 5.32 Å². The molecular formula is C13H29N. The average Bonchev–Trinajstić information content (AvgIpc) is 1.98. The molecule has 0 aliphatic carbocycles. The molecule has 0 aromatic heterocycles. The van der Waals surface area contributed by atoms with Crippen LogP contribution >= 0.6 is 0 Å². The van der Waals surface area contributed by atoms with Gasteiger partial charge in [-0.25, -0.2) is 0 Å². The summed E-state index contributed by atoms with van der Waals surface area (Å²) in [7, 11) is 0. The smallest absolute Gasteiger partial charge is 0.00436 e. The molecule has 0 aromatic carbocycles. The molecule has 1 N–H and O–H groups in total. The first kappa shape index (κ1) is 14.0. The van der Waals surface area contributed by atoms with Gasteiger partial charge in [0.1, 0.15) is 0 Å². The molecule has 0 rings (SSSR count). The Labute approximate surface area is 90.7 Å². The highest BCUT2D eigenvalue weighted by atomic mass is 14.9. The summed E-state index contributed by atoms with van der Waals surface area (Å²) in [5.41, 5.74) is 0. The molecule has 0 spiro atoms.